The topological polar surface area (TPSA) is 28.2 Å². The molecule has 1 fully saturated rings. The van der Waals surface area contributed by atoms with Crippen molar-refractivity contribution in [3.8, 4) is 0 Å². The summed E-state index contributed by atoms with van der Waals surface area (Å²) in [6, 6.07) is 4.91. The summed E-state index contributed by atoms with van der Waals surface area (Å²) in [7, 11) is 0. The molecular weight excluding hydrogens is 198 g/mol. The Hall–Kier alpha value is -1.09. The van der Waals surface area contributed by atoms with Gasteiger partial charge in [0.15, 0.2) is 0 Å². The minimum atomic E-state index is 0.707. The summed E-state index contributed by atoms with van der Waals surface area (Å²) in [6.45, 7) is 7.63. The predicted octanol–water partition coefficient (Wildman–Crippen LogP) is 1.97. The van der Waals surface area contributed by atoms with E-state index in [2.05, 4.69) is 35.1 Å². The van der Waals surface area contributed by atoms with Crippen molar-refractivity contribution in [2.45, 2.75) is 32.7 Å². The van der Waals surface area contributed by atoms with E-state index >= 15 is 0 Å². The molecule has 3 nitrogen and oxygen atoms in total. The average Bonchev–Trinajstić information content (AvgIpc) is 2.31. The van der Waals surface area contributed by atoms with Crippen LogP contribution in [0.5, 0.6) is 0 Å². The van der Waals surface area contributed by atoms with E-state index in [4.69, 9.17) is 0 Å². The number of hydrogen-bond donors (Lipinski definition) is 1. The van der Waals surface area contributed by atoms with Crippen molar-refractivity contribution in [2.24, 2.45) is 0 Å². The minimum absolute atomic E-state index is 0.707. The lowest BCUT2D eigenvalue weighted by atomic mass is 10.0. The van der Waals surface area contributed by atoms with Gasteiger partial charge >= 0.3 is 0 Å². The highest BCUT2D eigenvalue weighted by Gasteiger charge is 2.19. The first-order chi connectivity index (χ1) is 7.81. The fourth-order valence-corrected chi connectivity index (χ4v) is 2.42. The maximum Gasteiger partial charge on any atom is 0.0605 e. The fourth-order valence-electron chi connectivity index (χ4n) is 2.42. The van der Waals surface area contributed by atoms with Crippen LogP contribution in [0, 0.1) is 6.92 Å². The maximum absolute atomic E-state index is 4.35. The maximum atomic E-state index is 4.35. The van der Waals surface area contributed by atoms with E-state index in [1.807, 2.05) is 12.3 Å². The normalized spacial score (nSPS) is 17.8. The third kappa shape index (κ3) is 2.53. The highest BCUT2D eigenvalue weighted by molar-refractivity contribution is 5.50. The number of aromatic nitrogens is 1. The number of nitrogens with one attached hydrogen (secondary N) is 1. The van der Waals surface area contributed by atoms with Gasteiger partial charge in [0.1, 0.15) is 0 Å². The molecule has 1 N–H and O–H groups in total. The lowest BCUT2D eigenvalue weighted by Gasteiger charge is -2.34. The van der Waals surface area contributed by atoms with Crippen LogP contribution in [0.15, 0.2) is 18.3 Å². The molecule has 0 amide bonds. The molecule has 2 rings (SSSR count). The molecule has 1 aliphatic heterocycles. The Morgan fingerprint density at radius 1 is 1.44 bits per heavy atom. The van der Waals surface area contributed by atoms with E-state index in [1.54, 1.807) is 0 Å². The molecule has 0 atom stereocenters. The van der Waals surface area contributed by atoms with Gasteiger partial charge in [0.25, 0.3) is 0 Å². The third-order valence-electron chi connectivity index (χ3n) is 3.31. The second-order valence-corrected chi connectivity index (χ2v) is 4.43. The number of nitrogens with zero attached hydrogens (tertiary/aromatic N) is 2. The summed E-state index contributed by atoms with van der Waals surface area (Å²) in [6.07, 6.45) is 4.34. The van der Waals surface area contributed by atoms with E-state index in [0.717, 1.165) is 25.3 Å². The number of pyridine rings is 1. The Kier molecular flexibility index (Phi) is 3.78. The van der Waals surface area contributed by atoms with Gasteiger partial charge in [0, 0.05) is 25.3 Å². The Bertz CT molecular complexity index is 330. The van der Waals surface area contributed by atoms with Crippen molar-refractivity contribution in [1.82, 2.24) is 10.3 Å². The van der Waals surface area contributed by atoms with Crippen LogP contribution in [-0.4, -0.2) is 30.7 Å². The lowest BCUT2D eigenvalue weighted by molar-refractivity contribution is 0.423. The van der Waals surface area contributed by atoms with Crippen LogP contribution in [0.25, 0.3) is 0 Å². The van der Waals surface area contributed by atoms with Crippen LogP contribution in [0.4, 0.5) is 5.69 Å². The molecule has 1 saturated heterocycles. The van der Waals surface area contributed by atoms with Gasteiger partial charge in [0.2, 0.25) is 0 Å². The summed E-state index contributed by atoms with van der Waals surface area (Å²) < 4.78 is 0. The van der Waals surface area contributed by atoms with E-state index in [-0.39, 0.29) is 0 Å². The molecule has 0 aromatic carbocycles. The first kappa shape index (κ1) is 11.4. The second-order valence-electron chi connectivity index (χ2n) is 4.43. The molecule has 1 aromatic heterocycles. The van der Waals surface area contributed by atoms with Crippen LogP contribution in [0.2, 0.25) is 0 Å². The zero-order chi connectivity index (χ0) is 11.4. The SMILES string of the molecule is CCNC1CCN(c2cccnc2C)CC1. The van der Waals surface area contributed by atoms with Gasteiger partial charge < -0.3 is 10.2 Å². The van der Waals surface area contributed by atoms with Crippen molar-refractivity contribution in [3.05, 3.63) is 24.0 Å². The van der Waals surface area contributed by atoms with Gasteiger partial charge in [-0.3, -0.25) is 4.98 Å². The van der Waals surface area contributed by atoms with Gasteiger partial charge in [-0.25, -0.2) is 0 Å². The molecule has 0 bridgehead atoms. The molecule has 16 heavy (non-hydrogen) atoms. The molecular formula is C13H21N3. The highest BCUT2D eigenvalue weighted by atomic mass is 15.2. The number of rotatable bonds is 3. The molecule has 1 aromatic rings. The van der Waals surface area contributed by atoms with Crippen molar-refractivity contribution in [3.63, 3.8) is 0 Å². The van der Waals surface area contributed by atoms with Crippen molar-refractivity contribution in [1.29, 1.82) is 0 Å². The first-order valence-corrected chi connectivity index (χ1v) is 6.21. The van der Waals surface area contributed by atoms with Crippen LogP contribution in [-0.2, 0) is 0 Å². The van der Waals surface area contributed by atoms with Crippen molar-refractivity contribution < 1.29 is 0 Å². The van der Waals surface area contributed by atoms with E-state index in [9.17, 15) is 0 Å². The Morgan fingerprint density at radius 2 is 2.19 bits per heavy atom. The Morgan fingerprint density at radius 3 is 2.81 bits per heavy atom. The fraction of sp³-hybridized carbons (Fsp3) is 0.615. The Labute approximate surface area is 97.9 Å². The second kappa shape index (κ2) is 5.30. The quantitative estimate of drug-likeness (QED) is 0.842. The molecule has 0 aliphatic carbocycles. The van der Waals surface area contributed by atoms with Gasteiger partial charge in [-0.15, -0.1) is 0 Å². The lowest BCUT2D eigenvalue weighted by Crippen LogP contribution is -2.42. The summed E-state index contributed by atoms with van der Waals surface area (Å²) in [5.41, 5.74) is 2.45. The molecule has 0 saturated carbocycles. The predicted molar refractivity (Wildman–Crippen MR) is 67.9 cm³/mol. The molecule has 2 heterocycles. The van der Waals surface area contributed by atoms with E-state index in [1.165, 1.54) is 18.5 Å². The van der Waals surface area contributed by atoms with E-state index in [0.29, 0.717) is 6.04 Å². The zero-order valence-corrected chi connectivity index (χ0v) is 10.2. The molecule has 0 spiro atoms. The van der Waals surface area contributed by atoms with Crippen LogP contribution in [0.3, 0.4) is 0 Å². The molecule has 3 heteroatoms. The third-order valence-corrected chi connectivity index (χ3v) is 3.31. The smallest absolute Gasteiger partial charge is 0.0605 e. The van der Waals surface area contributed by atoms with Crippen molar-refractivity contribution in [2.75, 3.05) is 24.5 Å². The van der Waals surface area contributed by atoms with Crippen LogP contribution >= 0.6 is 0 Å². The number of hydrogen-bond acceptors (Lipinski definition) is 3. The standard InChI is InChI=1S/C13H21N3/c1-3-14-12-6-9-16(10-7-12)13-5-4-8-15-11(13)2/h4-5,8,12,14H,3,6-7,9-10H2,1-2H3. The molecule has 88 valence electrons. The van der Waals surface area contributed by atoms with Crippen LogP contribution < -0.4 is 10.2 Å². The monoisotopic (exact) mass is 219 g/mol. The largest absolute Gasteiger partial charge is 0.370 e. The first-order valence-electron chi connectivity index (χ1n) is 6.21. The zero-order valence-electron chi connectivity index (χ0n) is 10.2. The number of piperidine rings is 1. The van der Waals surface area contributed by atoms with Crippen LogP contribution in [0.1, 0.15) is 25.5 Å². The van der Waals surface area contributed by atoms with Gasteiger partial charge in [-0.05, 0) is 38.4 Å². The summed E-state index contributed by atoms with van der Waals surface area (Å²) in [5, 5.41) is 3.53. The Balaban J connectivity index is 1.96. The summed E-state index contributed by atoms with van der Waals surface area (Å²) in [4.78, 5) is 6.81. The molecule has 0 unspecified atom stereocenters. The number of aryl methyl sites for hydroxylation is 1. The summed E-state index contributed by atoms with van der Waals surface area (Å²) >= 11 is 0. The highest BCUT2D eigenvalue weighted by Crippen LogP contribution is 2.21. The van der Waals surface area contributed by atoms with E-state index < -0.39 is 0 Å². The van der Waals surface area contributed by atoms with Gasteiger partial charge in [-0.2, -0.15) is 0 Å². The average molecular weight is 219 g/mol. The summed E-state index contributed by atoms with van der Waals surface area (Å²) in [5.74, 6) is 0. The molecule has 1 aliphatic rings. The number of anilines is 1. The minimum Gasteiger partial charge on any atom is -0.370 e. The van der Waals surface area contributed by atoms with Crippen molar-refractivity contribution >= 4 is 5.69 Å². The van der Waals surface area contributed by atoms with Gasteiger partial charge in [-0.1, -0.05) is 6.92 Å². The molecule has 0 radical (unpaired) electrons. The van der Waals surface area contributed by atoms with Gasteiger partial charge in [0.05, 0.1) is 11.4 Å².